The van der Waals surface area contributed by atoms with Crippen LogP contribution in [0.5, 0.6) is 5.75 Å². The van der Waals surface area contributed by atoms with Gasteiger partial charge in [0.05, 0.1) is 16.8 Å². The average Bonchev–Trinajstić information content (AvgIpc) is 2.89. The normalized spacial score (nSPS) is 13.3. The fraction of sp³-hybridized carbons (Fsp3) is 0.250. The second-order valence-corrected chi connectivity index (χ2v) is 9.73. The Morgan fingerprint density at radius 3 is 2.22 bits per heavy atom. The fourth-order valence-corrected chi connectivity index (χ4v) is 4.56. The largest absolute Gasteiger partial charge is 0.491 e. The first-order valence-corrected chi connectivity index (χ1v) is 12.9. The predicted molar refractivity (Wildman–Crippen MR) is 152 cm³/mol. The number of nitrogens with zero attached hydrogens (tertiary/aromatic N) is 2. The second-order valence-electron chi connectivity index (χ2n) is 8.91. The summed E-state index contributed by atoms with van der Waals surface area (Å²) in [5.41, 5.74) is 2.72. The van der Waals surface area contributed by atoms with Gasteiger partial charge in [0.15, 0.2) is 5.11 Å². The lowest BCUT2D eigenvalue weighted by Crippen LogP contribution is -2.48. The summed E-state index contributed by atoms with van der Waals surface area (Å²) < 4.78 is 5.60. The van der Waals surface area contributed by atoms with E-state index in [1.807, 2.05) is 61.2 Å². The molecule has 1 aliphatic rings. The molecule has 0 spiro atoms. The van der Waals surface area contributed by atoms with E-state index < -0.39 is 0 Å². The van der Waals surface area contributed by atoms with Crippen LogP contribution in [-0.2, 0) is 0 Å². The van der Waals surface area contributed by atoms with Gasteiger partial charge in [-0.05, 0) is 80.7 Å². The molecule has 192 valence electrons. The van der Waals surface area contributed by atoms with E-state index in [2.05, 4.69) is 15.5 Å². The van der Waals surface area contributed by atoms with Crippen LogP contribution in [0.4, 0.5) is 11.4 Å². The molecule has 0 aromatic heterocycles. The molecule has 1 heterocycles. The molecule has 1 saturated heterocycles. The van der Waals surface area contributed by atoms with Crippen molar-refractivity contribution < 1.29 is 14.3 Å². The maximum Gasteiger partial charge on any atom is 0.257 e. The molecule has 2 amide bonds. The van der Waals surface area contributed by atoms with E-state index in [1.165, 1.54) is 0 Å². The van der Waals surface area contributed by atoms with Gasteiger partial charge in [0, 0.05) is 43.0 Å². The zero-order valence-corrected chi connectivity index (χ0v) is 22.3. The third-order valence-corrected chi connectivity index (χ3v) is 6.36. The van der Waals surface area contributed by atoms with Gasteiger partial charge in [-0.15, -0.1) is 0 Å². The van der Waals surface area contributed by atoms with Gasteiger partial charge in [0.2, 0.25) is 0 Å². The lowest BCUT2D eigenvalue weighted by molar-refractivity contribution is 0.0746. The van der Waals surface area contributed by atoms with E-state index in [9.17, 15) is 9.59 Å². The summed E-state index contributed by atoms with van der Waals surface area (Å²) in [4.78, 5) is 29.3. The molecule has 1 aliphatic heterocycles. The van der Waals surface area contributed by atoms with Gasteiger partial charge in [-0.3, -0.25) is 14.9 Å². The first-order chi connectivity index (χ1) is 17.8. The highest BCUT2D eigenvalue weighted by Gasteiger charge is 2.23. The Kier molecular flexibility index (Phi) is 8.63. The zero-order valence-electron chi connectivity index (χ0n) is 20.7. The molecule has 0 bridgehead atoms. The Balaban J connectivity index is 1.30. The fourth-order valence-electron chi connectivity index (χ4n) is 4.05. The van der Waals surface area contributed by atoms with Crippen LogP contribution in [0.2, 0.25) is 5.02 Å². The molecule has 3 aromatic carbocycles. The molecule has 1 fully saturated rings. The molecule has 0 atom stereocenters. The average molecular weight is 537 g/mol. The number of carbonyl (C=O) groups excluding carboxylic acids is 2. The maximum absolute atomic E-state index is 12.7. The van der Waals surface area contributed by atoms with E-state index >= 15 is 0 Å². The van der Waals surface area contributed by atoms with Crippen molar-refractivity contribution in [3.05, 3.63) is 88.9 Å². The first kappa shape index (κ1) is 26.4. The quantitative estimate of drug-likeness (QED) is 0.421. The summed E-state index contributed by atoms with van der Waals surface area (Å²) in [6, 6.07) is 21.7. The first-order valence-electron chi connectivity index (χ1n) is 12.1. The Morgan fingerprint density at radius 1 is 0.919 bits per heavy atom. The van der Waals surface area contributed by atoms with E-state index in [4.69, 9.17) is 28.6 Å². The minimum atomic E-state index is -0.320. The molecule has 0 unspecified atom stereocenters. The molecular weight excluding hydrogens is 508 g/mol. The number of hydrogen-bond donors (Lipinski definition) is 2. The SMILES string of the molecule is CC(C)Oc1ccc(C(=O)NC(=S)Nc2ccc(N3CCN(C(=O)c4ccccc4)CC3)c(Cl)c2)cc1. The molecule has 2 N–H and O–H groups in total. The van der Waals surface area contributed by atoms with Gasteiger partial charge in [-0.2, -0.15) is 0 Å². The monoisotopic (exact) mass is 536 g/mol. The van der Waals surface area contributed by atoms with Crippen molar-refractivity contribution in [2.45, 2.75) is 20.0 Å². The standard InChI is InChI=1S/C28H29ClN4O3S/c1-19(2)36-23-11-8-20(9-12-23)26(34)31-28(37)30-22-10-13-25(24(29)18-22)32-14-16-33(17-15-32)27(35)21-6-4-3-5-7-21/h3-13,18-19H,14-17H2,1-2H3,(H2,30,31,34,37). The van der Waals surface area contributed by atoms with E-state index in [1.54, 1.807) is 30.3 Å². The molecule has 4 rings (SSSR count). The molecule has 0 saturated carbocycles. The van der Waals surface area contributed by atoms with Crippen molar-refractivity contribution >= 4 is 52.1 Å². The molecule has 9 heteroatoms. The smallest absolute Gasteiger partial charge is 0.257 e. The highest BCUT2D eigenvalue weighted by molar-refractivity contribution is 7.80. The van der Waals surface area contributed by atoms with Gasteiger partial charge in [-0.25, -0.2) is 0 Å². The molecule has 37 heavy (non-hydrogen) atoms. The third-order valence-electron chi connectivity index (χ3n) is 5.85. The Bertz CT molecular complexity index is 1260. The van der Waals surface area contributed by atoms with Gasteiger partial charge in [0.25, 0.3) is 11.8 Å². The Morgan fingerprint density at radius 2 is 1.59 bits per heavy atom. The van der Waals surface area contributed by atoms with Crippen molar-refractivity contribution in [3.8, 4) is 5.75 Å². The number of rotatable bonds is 6. The Labute approximate surface area is 227 Å². The summed E-state index contributed by atoms with van der Waals surface area (Å²) in [5, 5.41) is 6.42. The molecule has 7 nitrogen and oxygen atoms in total. The molecular formula is C28H29ClN4O3S. The molecule has 0 aliphatic carbocycles. The number of benzene rings is 3. The number of hydrogen-bond acceptors (Lipinski definition) is 5. The van der Waals surface area contributed by atoms with E-state index in [-0.39, 0.29) is 23.0 Å². The topological polar surface area (TPSA) is 73.9 Å². The van der Waals surface area contributed by atoms with Crippen molar-refractivity contribution in [1.82, 2.24) is 10.2 Å². The number of halogens is 1. The number of ether oxygens (including phenoxy) is 1. The lowest BCUT2D eigenvalue weighted by Gasteiger charge is -2.36. The van der Waals surface area contributed by atoms with Crippen LogP contribution in [-0.4, -0.2) is 54.1 Å². The number of carbonyl (C=O) groups is 2. The van der Waals surface area contributed by atoms with Crippen molar-refractivity contribution in [3.63, 3.8) is 0 Å². The number of nitrogens with one attached hydrogen (secondary N) is 2. The summed E-state index contributed by atoms with van der Waals surface area (Å²) >= 11 is 11.9. The van der Waals surface area contributed by atoms with E-state index in [0.29, 0.717) is 53.8 Å². The predicted octanol–water partition coefficient (Wildman–Crippen LogP) is 5.22. The maximum atomic E-state index is 12.7. The number of anilines is 2. The highest BCUT2D eigenvalue weighted by atomic mass is 35.5. The van der Waals surface area contributed by atoms with Crippen LogP contribution in [0.15, 0.2) is 72.8 Å². The number of thiocarbonyl (C=S) groups is 1. The van der Waals surface area contributed by atoms with Gasteiger partial charge >= 0.3 is 0 Å². The number of amides is 2. The molecule has 3 aromatic rings. The van der Waals surface area contributed by atoms with Crippen LogP contribution < -0.4 is 20.3 Å². The Hall–Kier alpha value is -3.62. The minimum Gasteiger partial charge on any atom is -0.491 e. The minimum absolute atomic E-state index is 0.0429. The lowest BCUT2D eigenvalue weighted by atomic mass is 10.1. The second kappa shape index (κ2) is 12.1. The van der Waals surface area contributed by atoms with Crippen LogP contribution in [0, 0.1) is 0 Å². The third kappa shape index (κ3) is 6.99. The van der Waals surface area contributed by atoms with E-state index in [0.717, 1.165) is 5.69 Å². The zero-order chi connectivity index (χ0) is 26.4. The van der Waals surface area contributed by atoms with Crippen molar-refractivity contribution in [2.24, 2.45) is 0 Å². The van der Waals surface area contributed by atoms with Crippen molar-refractivity contribution in [2.75, 3.05) is 36.4 Å². The highest BCUT2D eigenvalue weighted by Crippen LogP contribution is 2.30. The van der Waals surface area contributed by atoms with Gasteiger partial charge < -0.3 is 19.9 Å². The number of piperazine rings is 1. The van der Waals surface area contributed by atoms with Gasteiger partial charge in [0.1, 0.15) is 5.75 Å². The molecule has 0 radical (unpaired) electrons. The van der Waals surface area contributed by atoms with Gasteiger partial charge in [-0.1, -0.05) is 29.8 Å². The summed E-state index contributed by atoms with van der Waals surface area (Å²) in [5.74, 6) is 0.423. The van der Waals surface area contributed by atoms with Crippen LogP contribution in [0.3, 0.4) is 0 Å². The summed E-state index contributed by atoms with van der Waals surface area (Å²) in [6.45, 7) is 6.48. The van der Waals surface area contributed by atoms with Crippen LogP contribution in [0.1, 0.15) is 34.6 Å². The summed E-state index contributed by atoms with van der Waals surface area (Å²) in [7, 11) is 0. The van der Waals surface area contributed by atoms with Crippen LogP contribution in [0.25, 0.3) is 0 Å². The summed E-state index contributed by atoms with van der Waals surface area (Å²) in [6.07, 6.45) is 0.0584. The van der Waals surface area contributed by atoms with Crippen LogP contribution >= 0.6 is 23.8 Å². The van der Waals surface area contributed by atoms with Crippen molar-refractivity contribution in [1.29, 1.82) is 0 Å².